The molecule has 0 saturated carbocycles. The number of piperazine rings is 1. The van der Waals surface area contributed by atoms with Crippen LogP contribution in [0, 0.1) is 6.92 Å². The third-order valence-electron chi connectivity index (χ3n) is 5.09. The Hall–Kier alpha value is -2.50. The Bertz CT molecular complexity index is 726. The summed E-state index contributed by atoms with van der Waals surface area (Å²) >= 11 is 0. The first-order valence-electron chi connectivity index (χ1n) is 9.81. The number of hydrogen-bond donors (Lipinski definition) is 0. The van der Waals surface area contributed by atoms with Gasteiger partial charge < -0.3 is 19.4 Å². The van der Waals surface area contributed by atoms with Crippen molar-refractivity contribution in [2.75, 3.05) is 61.6 Å². The maximum Gasteiger partial charge on any atom is 0.134 e. The van der Waals surface area contributed by atoms with Crippen LogP contribution in [0.4, 0.5) is 17.3 Å². The van der Waals surface area contributed by atoms with Crippen molar-refractivity contribution in [3.05, 3.63) is 36.2 Å². The zero-order chi connectivity index (χ0) is 19.2. The molecule has 0 amide bonds. The van der Waals surface area contributed by atoms with Crippen molar-refractivity contribution in [3.63, 3.8) is 0 Å². The normalized spacial score (nSPS) is 14.4. The zero-order valence-electron chi connectivity index (χ0n) is 17.0. The molecule has 0 radical (unpaired) electrons. The summed E-state index contributed by atoms with van der Waals surface area (Å²) < 4.78 is 5.25. The lowest BCUT2D eigenvalue weighted by Crippen LogP contribution is -2.47. The fourth-order valence-corrected chi connectivity index (χ4v) is 3.39. The van der Waals surface area contributed by atoms with E-state index in [4.69, 9.17) is 9.72 Å². The lowest BCUT2D eigenvalue weighted by Gasteiger charge is -2.37. The number of methoxy groups -OCH3 is 1. The molecule has 1 aromatic carbocycles. The minimum Gasteiger partial charge on any atom is -0.497 e. The number of benzene rings is 1. The van der Waals surface area contributed by atoms with Gasteiger partial charge in [-0.2, -0.15) is 0 Å². The molecule has 0 bridgehead atoms. The molecule has 3 rings (SSSR count). The van der Waals surface area contributed by atoms with Gasteiger partial charge in [-0.25, -0.2) is 9.97 Å². The second-order valence-electron chi connectivity index (χ2n) is 7.08. The van der Waals surface area contributed by atoms with Gasteiger partial charge >= 0.3 is 0 Å². The number of hydrogen-bond acceptors (Lipinski definition) is 6. The first kappa shape index (κ1) is 19.3. The molecule has 0 unspecified atom stereocenters. The summed E-state index contributed by atoms with van der Waals surface area (Å²) in [6, 6.07) is 10.4. The summed E-state index contributed by atoms with van der Waals surface area (Å²) in [5, 5.41) is 0. The standard InChI is InChI=1S/C21H31N5O/c1-5-6-11-24(3)20-16-21(23-17(2)22-20)26-14-12-25(13-15-26)18-7-9-19(27-4)10-8-18/h7-10,16H,5-6,11-15H2,1-4H3. The monoisotopic (exact) mass is 369 g/mol. The molecule has 1 aliphatic heterocycles. The van der Waals surface area contributed by atoms with Crippen LogP contribution in [0.5, 0.6) is 5.75 Å². The summed E-state index contributed by atoms with van der Waals surface area (Å²) in [4.78, 5) is 16.3. The topological polar surface area (TPSA) is 44.7 Å². The number of aryl methyl sites for hydroxylation is 1. The predicted octanol–water partition coefficient (Wildman–Crippen LogP) is 3.36. The molecule has 0 aliphatic carbocycles. The van der Waals surface area contributed by atoms with E-state index < -0.39 is 0 Å². The third kappa shape index (κ3) is 4.81. The molecule has 0 spiro atoms. The van der Waals surface area contributed by atoms with Crippen LogP contribution in [0.15, 0.2) is 30.3 Å². The average Bonchev–Trinajstić information content (AvgIpc) is 2.71. The number of anilines is 3. The van der Waals surface area contributed by atoms with Crippen molar-refractivity contribution < 1.29 is 4.74 Å². The highest BCUT2D eigenvalue weighted by Gasteiger charge is 2.20. The molecule has 2 aromatic rings. The number of aromatic nitrogens is 2. The maximum atomic E-state index is 5.25. The molecular formula is C21H31N5O. The minimum absolute atomic E-state index is 0.837. The maximum absolute atomic E-state index is 5.25. The van der Waals surface area contributed by atoms with E-state index in [0.717, 1.165) is 55.9 Å². The van der Waals surface area contributed by atoms with Gasteiger partial charge in [-0.05, 0) is 37.6 Å². The summed E-state index contributed by atoms with van der Waals surface area (Å²) in [6.07, 6.45) is 2.37. The second-order valence-corrected chi connectivity index (χ2v) is 7.08. The Kier molecular flexibility index (Phi) is 6.37. The number of unbranched alkanes of at least 4 members (excludes halogenated alkanes) is 1. The Morgan fingerprint density at radius 3 is 2.33 bits per heavy atom. The smallest absolute Gasteiger partial charge is 0.134 e. The predicted molar refractivity (Wildman–Crippen MR) is 112 cm³/mol. The van der Waals surface area contributed by atoms with E-state index in [9.17, 15) is 0 Å². The summed E-state index contributed by atoms with van der Waals surface area (Å²) in [6.45, 7) is 9.10. The first-order chi connectivity index (χ1) is 13.1. The van der Waals surface area contributed by atoms with Crippen molar-refractivity contribution in [2.45, 2.75) is 26.7 Å². The van der Waals surface area contributed by atoms with Crippen LogP contribution in [0.25, 0.3) is 0 Å². The average molecular weight is 370 g/mol. The highest BCUT2D eigenvalue weighted by molar-refractivity contribution is 5.54. The van der Waals surface area contributed by atoms with Gasteiger partial charge in [-0.15, -0.1) is 0 Å². The molecule has 6 nitrogen and oxygen atoms in total. The van der Waals surface area contributed by atoms with Crippen molar-refractivity contribution in [2.24, 2.45) is 0 Å². The van der Waals surface area contributed by atoms with Crippen LogP contribution >= 0.6 is 0 Å². The fraction of sp³-hybridized carbons (Fsp3) is 0.524. The Balaban J connectivity index is 1.65. The van der Waals surface area contributed by atoms with Gasteiger partial charge in [0.25, 0.3) is 0 Å². The number of nitrogens with zero attached hydrogens (tertiary/aromatic N) is 5. The molecule has 27 heavy (non-hydrogen) atoms. The largest absolute Gasteiger partial charge is 0.497 e. The van der Waals surface area contributed by atoms with Crippen LogP contribution in [0.1, 0.15) is 25.6 Å². The summed E-state index contributed by atoms with van der Waals surface area (Å²) in [7, 11) is 3.81. The van der Waals surface area contributed by atoms with Crippen LogP contribution in [-0.4, -0.2) is 56.8 Å². The number of ether oxygens (including phenoxy) is 1. The lowest BCUT2D eigenvalue weighted by atomic mass is 10.2. The Morgan fingerprint density at radius 2 is 1.70 bits per heavy atom. The van der Waals surface area contributed by atoms with E-state index in [1.165, 1.54) is 18.5 Å². The molecule has 1 saturated heterocycles. The molecule has 0 N–H and O–H groups in total. The van der Waals surface area contributed by atoms with Crippen molar-refractivity contribution in [3.8, 4) is 5.75 Å². The summed E-state index contributed by atoms with van der Waals surface area (Å²) in [5.74, 6) is 3.79. The molecular weight excluding hydrogens is 338 g/mol. The van der Waals surface area contributed by atoms with Gasteiger partial charge in [-0.3, -0.25) is 0 Å². The van der Waals surface area contributed by atoms with E-state index in [1.54, 1.807) is 7.11 Å². The Labute approximate surface area is 162 Å². The fourth-order valence-electron chi connectivity index (χ4n) is 3.39. The minimum atomic E-state index is 0.837. The van der Waals surface area contributed by atoms with E-state index in [0.29, 0.717) is 0 Å². The first-order valence-corrected chi connectivity index (χ1v) is 9.81. The molecule has 1 aliphatic rings. The molecule has 1 aromatic heterocycles. The van der Waals surface area contributed by atoms with Crippen molar-refractivity contribution in [1.29, 1.82) is 0 Å². The van der Waals surface area contributed by atoms with Crippen molar-refractivity contribution >= 4 is 17.3 Å². The third-order valence-corrected chi connectivity index (χ3v) is 5.09. The number of rotatable bonds is 7. The van der Waals surface area contributed by atoms with Crippen LogP contribution < -0.4 is 19.4 Å². The Morgan fingerprint density at radius 1 is 1.04 bits per heavy atom. The van der Waals surface area contributed by atoms with Gasteiger partial charge in [0.1, 0.15) is 23.2 Å². The lowest BCUT2D eigenvalue weighted by molar-refractivity contribution is 0.415. The quantitative estimate of drug-likeness (QED) is 0.746. The van der Waals surface area contributed by atoms with Gasteiger partial charge in [0, 0.05) is 51.5 Å². The molecule has 6 heteroatoms. The van der Waals surface area contributed by atoms with Crippen LogP contribution in [0.3, 0.4) is 0 Å². The second kappa shape index (κ2) is 8.93. The molecule has 0 atom stereocenters. The van der Waals surface area contributed by atoms with Gasteiger partial charge in [0.05, 0.1) is 7.11 Å². The highest BCUT2D eigenvalue weighted by Crippen LogP contribution is 2.24. The van der Waals surface area contributed by atoms with E-state index in [1.807, 2.05) is 19.1 Å². The zero-order valence-corrected chi connectivity index (χ0v) is 17.0. The van der Waals surface area contributed by atoms with E-state index in [-0.39, 0.29) is 0 Å². The van der Waals surface area contributed by atoms with E-state index in [2.05, 4.69) is 51.9 Å². The van der Waals surface area contributed by atoms with Crippen LogP contribution in [0.2, 0.25) is 0 Å². The van der Waals surface area contributed by atoms with Crippen molar-refractivity contribution in [1.82, 2.24) is 9.97 Å². The molecule has 146 valence electrons. The van der Waals surface area contributed by atoms with Gasteiger partial charge in [0.15, 0.2) is 0 Å². The van der Waals surface area contributed by atoms with Gasteiger partial charge in [0.2, 0.25) is 0 Å². The van der Waals surface area contributed by atoms with Gasteiger partial charge in [-0.1, -0.05) is 13.3 Å². The summed E-state index contributed by atoms with van der Waals surface area (Å²) in [5.41, 5.74) is 1.24. The highest BCUT2D eigenvalue weighted by atomic mass is 16.5. The van der Waals surface area contributed by atoms with E-state index >= 15 is 0 Å². The molecule has 1 fully saturated rings. The molecule has 2 heterocycles. The van der Waals surface area contributed by atoms with Crippen LogP contribution in [-0.2, 0) is 0 Å². The SMILES string of the molecule is CCCCN(C)c1cc(N2CCN(c3ccc(OC)cc3)CC2)nc(C)n1.